The van der Waals surface area contributed by atoms with Crippen molar-refractivity contribution in [2.45, 2.75) is 25.7 Å². The van der Waals surface area contributed by atoms with Crippen LogP contribution in [-0.2, 0) is 11.2 Å². The second-order valence-corrected chi connectivity index (χ2v) is 4.98. The van der Waals surface area contributed by atoms with E-state index in [2.05, 4.69) is 24.3 Å². The van der Waals surface area contributed by atoms with E-state index in [1.54, 1.807) is 4.90 Å². The van der Waals surface area contributed by atoms with Crippen LogP contribution in [0.2, 0.25) is 0 Å². The van der Waals surface area contributed by atoms with Crippen LogP contribution in [0.1, 0.15) is 24.8 Å². The van der Waals surface area contributed by atoms with Crippen molar-refractivity contribution < 1.29 is 4.79 Å². The molecule has 0 N–H and O–H groups in total. The summed E-state index contributed by atoms with van der Waals surface area (Å²) >= 11 is 0. The summed E-state index contributed by atoms with van der Waals surface area (Å²) in [7, 11) is 1.84. The van der Waals surface area contributed by atoms with Gasteiger partial charge >= 0.3 is 0 Å². The Bertz CT molecular complexity index is 522. The number of anilines is 1. The third-order valence-electron chi connectivity index (χ3n) is 3.47. The molecule has 0 atom stereocenters. The van der Waals surface area contributed by atoms with Gasteiger partial charge < -0.3 is 4.90 Å². The number of para-hydroxylation sites is 1. The highest BCUT2D eigenvalue weighted by atomic mass is 16.2. The molecule has 2 aromatic carbocycles. The van der Waals surface area contributed by atoms with E-state index in [4.69, 9.17) is 0 Å². The second-order valence-electron chi connectivity index (χ2n) is 4.98. The Labute approximate surface area is 121 Å². The van der Waals surface area contributed by atoms with Gasteiger partial charge in [-0.05, 0) is 37.0 Å². The van der Waals surface area contributed by atoms with Gasteiger partial charge in [-0.2, -0.15) is 0 Å². The molecule has 0 aliphatic carbocycles. The summed E-state index contributed by atoms with van der Waals surface area (Å²) in [5.41, 5.74) is 2.30. The monoisotopic (exact) mass is 267 g/mol. The van der Waals surface area contributed by atoms with Crippen molar-refractivity contribution in [2.75, 3.05) is 11.9 Å². The van der Waals surface area contributed by atoms with Crippen LogP contribution in [0.25, 0.3) is 0 Å². The van der Waals surface area contributed by atoms with Gasteiger partial charge in [0.25, 0.3) is 0 Å². The van der Waals surface area contributed by atoms with Gasteiger partial charge in [-0.1, -0.05) is 48.5 Å². The predicted molar refractivity (Wildman–Crippen MR) is 83.8 cm³/mol. The molecule has 1 amide bonds. The molecule has 2 aromatic rings. The van der Waals surface area contributed by atoms with Gasteiger partial charge in [0.15, 0.2) is 0 Å². The molecular formula is C18H21NO. The van der Waals surface area contributed by atoms with Crippen molar-refractivity contribution in [1.82, 2.24) is 0 Å². The highest BCUT2D eigenvalue weighted by Crippen LogP contribution is 2.14. The molecule has 0 bridgehead atoms. The molecule has 0 fully saturated rings. The zero-order valence-corrected chi connectivity index (χ0v) is 12.0. The Morgan fingerprint density at radius 1 is 0.900 bits per heavy atom. The van der Waals surface area contributed by atoms with E-state index in [0.29, 0.717) is 6.42 Å². The molecule has 2 heteroatoms. The van der Waals surface area contributed by atoms with E-state index in [1.165, 1.54) is 5.56 Å². The molecule has 0 saturated carbocycles. The molecule has 0 saturated heterocycles. The summed E-state index contributed by atoms with van der Waals surface area (Å²) < 4.78 is 0. The summed E-state index contributed by atoms with van der Waals surface area (Å²) in [5, 5.41) is 0. The average molecular weight is 267 g/mol. The zero-order valence-electron chi connectivity index (χ0n) is 12.0. The molecule has 0 aromatic heterocycles. The molecule has 0 unspecified atom stereocenters. The van der Waals surface area contributed by atoms with Crippen LogP contribution in [0.5, 0.6) is 0 Å². The third kappa shape index (κ3) is 4.23. The Hall–Kier alpha value is -2.09. The molecule has 20 heavy (non-hydrogen) atoms. The van der Waals surface area contributed by atoms with Gasteiger partial charge in [0.1, 0.15) is 0 Å². The topological polar surface area (TPSA) is 20.3 Å². The largest absolute Gasteiger partial charge is 0.316 e. The molecule has 0 heterocycles. The van der Waals surface area contributed by atoms with Gasteiger partial charge in [-0.25, -0.2) is 0 Å². The van der Waals surface area contributed by atoms with Crippen LogP contribution in [-0.4, -0.2) is 13.0 Å². The van der Waals surface area contributed by atoms with Crippen LogP contribution in [0.15, 0.2) is 60.7 Å². The summed E-state index contributed by atoms with van der Waals surface area (Å²) in [4.78, 5) is 13.8. The van der Waals surface area contributed by atoms with Crippen LogP contribution in [0, 0.1) is 0 Å². The van der Waals surface area contributed by atoms with Gasteiger partial charge in [0.2, 0.25) is 5.91 Å². The average Bonchev–Trinajstić information content (AvgIpc) is 2.52. The Kier molecular flexibility index (Phi) is 5.36. The summed E-state index contributed by atoms with van der Waals surface area (Å²) in [6.45, 7) is 0. The normalized spacial score (nSPS) is 10.2. The number of hydrogen-bond donors (Lipinski definition) is 0. The maximum atomic E-state index is 12.1. The summed E-state index contributed by atoms with van der Waals surface area (Å²) in [6, 6.07) is 20.2. The van der Waals surface area contributed by atoms with Gasteiger partial charge in [0, 0.05) is 19.2 Å². The highest BCUT2D eigenvalue weighted by molar-refractivity contribution is 5.92. The van der Waals surface area contributed by atoms with Crippen LogP contribution < -0.4 is 4.90 Å². The zero-order chi connectivity index (χ0) is 14.2. The number of amides is 1. The van der Waals surface area contributed by atoms with Gasteiger partial charge in [0.05, 0.1) is 0 Å². The van der Waals surface area contributed by atoms with Crippen molar-refractivity contribution in [3.8, 4) is 0 Å². The Morgan fingerprint density at radius 3 is 2.15 bits per heavy atom. The molecule has 2 rings (SSSR count). The summed E-state index contributed by atoms with van der Waals surface area (Å²) in [6.07, 6.45) is 3.64. The van der Waals surface area contributed by atoms with E-state index in [-0.39, 0.29) is 5.91 Å². The number of rotatable bonds is 6. The van der Waals surface area contributed by atoms with E-state index in [9.17, 15) is 4.79 Å². The molecule has 0 radical (unpaired) electrons. The number of carbonyl (C=O) groups is 1. The SMILES string of the molecule is CN(C(=O)CCCCc1ccccc1)c1ccccc1. The lowest BCUT2D eigenvalue weighted by molar-refractivity contribution is -0.118. The van der Waals surface area contributed by atoms with Crippen LogP contribution >= 0.6 is 0 Å². The molecule has 0 aliphatic heterocycles. The predicted octanol–water partition coefficient (Wildman–Crippen LogP) is 4.06. The fourth-order valence-electron chi connectivity index (χ4n) is 2.21. The lowest BCUT2D eigenvalue weighted by Gasteiger charge is -2.17. The van der Waals surface area contributed by atoms with E-state index in [1.807, 2.05) is 43.4 Å². The number of hydrogen-bond acceptors (Lipinski definition) is 1. The van der Waals surface area contributed by atoms with Crippen LogP contribution in [0.3, 0.4) is 0 Å². The quantitative estimate of drug-likeness (QED) is 0.723. The fraction of sp³-hybridized carbons (Fsp3) is 0.278. The van der Waals surface area contributed by atoms with Crippen molar-refractivity contribution in [3.63, 3.8) is 0 Å². The van der Waals surface area contributed by atoms with Crippen molar-refractivity contribution in [1.29, 1.82) is 0 Å². The van der Waals surface area contributed by atoms with Crippen molar-refractivity contribution >= 4 is 11.6 Å². The minimum absolute atomic E-state index is 0.185. The molecule has 0 spiro atoms. The summed E-state index contributed by atoms with van der Waals surface area (Å²) in [5.74, 6) is 0.185. The highest BCUT2D eigenvalue weighted by Gasteiger charge is 2.09. The molecule has 2 nitrogen and oxygen atoms in total. The number of benzene rings is 2. The third-order valence-corrected chi connectivity index (χ3v) is 3.47. The first-order valence-corrected chi connectivity index (χ1v) is 7.13. The smallest absolute Gasteiger partial charge is 0.226 e. The van der Waals surface area contributed by atoms with Crippen LogP contribution in [0.4, 0.5) is 5.69 Å². The van der Waals surface area contributed by atoms with E-state index < -0.39 is 0 Å². The first-order chi connectivity index (χ1) is 9.77. The maximum absolute atomic E-state index is 12.1. The first kappa shape index (κ1) is 14.3. The van der Waals surface area contributed by atoms with Crippen molar-refractivity contribution in [3.05, 3.63) is 66.2 Å². The molecule has 0 aliphatic rings. The number of nitrogens with zero attached hydrogens (tertiary/aromatic N) is 1. The standard InChI is InChI=1S/C18H21NO/c1-19(17-13-6-3-7-14-17)18(20)15-9-8-12-16-10-4-2-5-11-16/h2-7,10-11,13-14H,8-9,12,15H2,1H3. The molecular weight excluding hydrogens is 246 g/mol. The van der Waals surface area contributed by atoms with E-state index >= 15 is 0 Å². The van der Waals surface area contributed by atoms with E-state index in [0.717, 1.165) is 24.9 Å². The lowest BCUT2D eigenvalue weighted by Crippen LogP contribution is -2.25. The Balaban J connectivity index is 1.73. The maximum Gasteiger partial charge on any atom is 0.226 e. The number of unbranched alkanes of at least 4 members (excludes halogenated alkanes) is 1. The van der Waals surface area contributed by atoms with Crippen molar-refractivity contribution in [2.24, 2.45) is 0 Å². The van der Waals surface area contributed by atoms with Gasteiger partial charge in [-0.15, -0.1) is 0 Å². The van der Waals surface area contributed by atoms with Gasteiger partial charge in [-0.3, -0.25) is 4.79 Å². The fourth-order valence-corrected chi connectivity index (χ4v) is 2.21. The minimum Gasteiger partial charge on any atom is -0.316 e. The Morgan fingerprint density at radius 2 is 1.50 bits per heavy atom. The second kappa shape index (κ2) is 7.49. The lowest BCUT2D eigenvalue weighted by atomic mass is 10.1. The minimum atomic E-state index is 0.185. The first-order valence-electron chi connectivity index (χ1n) is 7.13. The molecule has 104 valence electrons. The number of carbonyl (C=O) groups excluding carboxylic acids is 1. The number of aryl methyl sites for hydroxylation is 1.